The highest BCUT2D eigenvalue weighted by Gasteiger charge is 2.28. The molecule has 1 atom stereocenters. The first-order valence-corrected chi connectivity index (χ1v) is 5.05. The third-order valence-electron chi connectivity index (χ3n) is 0.735. The Morgan fingerprint density at radius 1 is 1.42 bits per heavy atom. The van der Waals surface area contributed by atoms with Gasteiger partial charge >= 0.3 is 7.82 Å². The molecule has 0 aliphatic carbocycles. The minimum atomic E-state index is -3.99. The van der Waals surface area contributed by atoms with Gasteiger partial charge in [0.15, 0.2) is 0 Å². The summed E-state index contributed by atoms with van der Waals surface area (Å²) in [5.41, 5.74) is -0.736. The van der Waals surface area contributed by atoms with E-state index < -0.39 is 13.4 Å². The molecular formula is C6H15O5P. The number of aliphatic hydroxyl groups excluding tert-OH is 1. The molecule has 0 heterocycles. The summed E-state index contributed by atoms with van der Waals surface area (Å²) >= 11 is 0. The number of aliphatic hydroxyl groups is 1. The second-order valence-electron chi connectivity index (χ2n) is 3.23. The van der Waals surface area contributed by atoms with Crippen LogP contribution < -0.4 is 0 Å². The largest absolute Gasteiger partial charge is 0.472 e. The third-order valence-corrected chi connectivity index (χ3v) is 2.02. The summed E-state index contributed by atoms with van der Waals surface area (Å²) in [5, 5.41) is 8.32. The highest BCUT2D eigenvalue weighted by Crippen LogP contribution is 2.46. The molecule has 0 radical (unpaired) electrons. The van der Waals surface area contributed by atoms with E-state index in [1.54, 1.807) is 20.8 Å². The quantitative estimate of drug-likeness (QED) is 0.656. The van der Waals surface area contributed by atoms with Gasteiger partial charge < -0.3 is 10.00 Å². The van der Waals surface area contributed by atoms with Gasteiger partial charge in [-0.3, -0.25) is 9.05 Å². The molecule has 0 saturated carbocycles. The summed E-state index contributed by atoms with van der Waals surface area (Å²) in [4.78, 5) is 8.98. The molecule has 0 bridgehead atoms. The van der Waals surface area contributed by atoms with Crippen molar-refractivity contribution >= 4 is 7.82 Å². The maximum Gasteiger partial charge on any atom is 0.472 e. The van der Waals surface area contributed by atoms with Gasteiger partial charge in [-0.2, -0.15) is 0 Å². The highest BCUT2D eigenvalue weighted by molar-refractivity contribution is 7.47. The zero-order chi connectivity index (χ0) is 9.83. The smallest absolute Gasteiger partial charge is 0.394 e. The third kappa shape index (κ3) is 6.76. The van der Waals surface area contributed by atoms with Crippen LogP contribution in [0.4, 0.5) is 0 Å². The molecule has 2 N–H and O–H groups in total. The van der Waals surface area contributed by atoms with E-state index in [0.717, 1.165) is 0 Å². The summed E-state index contributed by atoms with van der Waals surface area (Å²) in [6.07, 6.45) is 0. The Hall–Kier alpha value is 0.0700. The lowest BCUT2D eigenvalue weighted by Gasteiger charge is -2.22. The average molecular weight is 198 g/mol. The Bertz CT molecular complexity index is 173. The molecule has 12 heavy (non-hydrogen) atoms. The summed E-state index contributed by atoms with van der Waals surface area (Å²) < 4.78 is 20.1. The molecule has 6 heteroatoms. The summed E-state index contributed by atoms with van der Waals surface area (Å²) in [6, 6.07) is 0. The Morgan fingerprint density at radius 3 is 2.25 bits per heavy atom. The molecule has 0 aliphatic heterocycles. The van der Waals surface area contributed by atoms with E-state index in [0.29, 0.717) is 0 Å². The molecule has 0 spiro atoms. The molecule has 0 saturated heterocycles. The maximum atomic E-state index is 11.0. The molecule has 0 amide bonds. The lowest BCUT2D eigenvalue weighted by molar-refractivity contribution is 0.0543. The SMILES string of the molecule is CC(C)(C)OP(=O)(O)OCCO. The number of phosphoric ester groups is 1. The average Bonchev–Trinajstić information content (AvgIpc) is 1.78. The van der Waals surface area contributed by atoms with Gasteiger partial charge in [0.05, 0.1) is 18.8 Å². The molecule has 5 nitrogen and oxygen atoms in total. The second-order valence-corrected chi connectivity index (χ2v) is 4.61. The van der Waals surface area contributed by atoms with Crippen molar-refractivity contribution in [2.45, 2.75) is 26.4 Å². The molecule has 0 aromatic rings. The topological polar surface area (TPSA) is 76.0 Å². The van der Waals surface area contributed by atoms with Crippen molar-refractivity contribution in [3.05, 3.63) is 0 Å². The Kier molecular flexibility index (Phi) is 4.37. The predicted molar refractivity (Wildman–Crippen MR) is 43.7 cm³/mol. The zero-order valence-corrected chi connectivity index (χ0v) is 8.38. The number of rotatable bonds is 4. The van der Waals surface area contributed by atoms with Crippen LogP contribution in [-0.4, -0.2) is 28.8 Å². The van der Waals surface area contributed by atoms with Crippen LogP contribution in [0, 0.1) is 0 Å². The van der Waals surface area contributed by atoms with Crippen LogP contribution >= 0.6 is 7.82 Å². The van der Waals surface area contributed by atoms with Crippen LogP contribution in [0.5, 0.6) is 0 Å². The monoisotopic (exact) mass is 198 g/mol. The van der Waals surface area contributed by atoms with E-state index in [1.165, 1.54) is 0 Å². The zero-order valence-electron chi connectivity index (χ0n) is 7.48. The van der Waals surface area contributed by atoms with Crippen molar-refractivity contribution in [2.75, 3.05) is 13.2 Å². The van der Waals surface area contributed by atoms with Crippen molar-refractivity contribution in [1.82, 2.24) is 0 Å². The van der Waals surface area contributed by atoms with Crippen molar-refractivity contribution < 1.29 is 23.6 Å². The standard InChI is InChI=1S/C6H15O5P/c1-6(2,3)11-12(8,9)10-5-4-7/h7H,4-5H2,1-3H3,(H,8,9). The van der Waals surface area contributed by atoms with Gasteiger partial charge in [-0.25, -0.2) is 4.57 Å². The fourth-order valence-corrected chi connectivity index (χ4v) is 1.59. The molecule has 74 valence electrons. The van der Waals surface area contributed by atoms with Crippen LogP contribution in [-0.2, 0) is 13.6 Å². The number of phosphoric acid groups is 1. The number of hydrogen-bond acceptors (Lipinski definition) is 4. The van der Waals surface area contributed by atoms with Gasteiger partial charge in [-0.1, -0.05) is 0 Å². The van der Waals surface area contributed by atoms with E-state index in [4.69, 9.17) is 14.5 Å². The molecule has 0 aliphatic rings. The molecular weight excluding hydrogens is 183 g/mol. The lowest BCUT2D eigenvalue weighted by Crippen LogP contribution is -2.18. The summed E-state index contributed by atoms with van der Waals surface area (Å²) in [5.74, 6) is 0. The first-order chi connectivity index (χ1) is 5.27. The van der Waals surface area contributed by atoms with E-state index in [1.807, 2.05) is 0 Å². The predicted octanol–water partition coefficient (Wildman–Crippen LogP) is 0.911. The Balaban J connectivity index is 3.96. The molecule has 1 unspecified atom stereocenters. The van der Waals surface area contributed by atoms with Gasteiger partial charge in [-0.15, -0.1) is 0 Å². The highest BCUT2D eigenvalue weighted by atomic mass is 31.2. The first-order valence-electron chi connectivity index (χ1n) is 3.56. The summed E-state index contributed by atoms with van der Waals surface area (Å²) in [6.45, 7) is 4.40. The fraction of sp³-hybridized carbons (Fsp3) is 1.00. The maximum absolute atomic E-state index is 11.0. The Morgan fingerprint density at radius 2 is 1.92 bits per heavy atom. The van der Waals surface area contributed by atoms with Crippen molar-refractivity contribution in [1.29, 1.82) is 0 Å². The normalized spacial score (nSPS) is 17.4. The van der Waals surface area contributed by atoms with Crippen LogP contribution in [0.1, 0.15) is 20.8 Å². The lowest BCUT2D eigenvalue weighted by atomic mass is 10.2. The van der Waals surface area contributed by atoms with E-state index in [2.05, 4.69) is 4.52 Å². The fourth-order valence-electron chi connectivity index (χ4n) is 0.529. The molecule has 0 fully saturated rings. The van der Waals surface area contributed by atoms with E-state index in [9.17, 15) is 4.57 Å². The van der Waals surface area contributed by atoms with Gasteiger partial charge in [0.2, 0.25) is 0 Å². The second kappa shape index (κ2) is 4.35. The van der Waals surface area contributed by atoms with E-state index in [-0.39, 0.29) is 13.2 Å². The van der Waals surface area contributed by atoms with Crippen LogP contribution in [0.2, 0.25) is 0 Å². The minimum absolute atomic E-state index is 0.205. The first kappa shape index (κ1) is 12.1. The van der Waals surface area contributed by atoms with Crippen molar-refractivity contribution in [3.8, 4) is 0 Å². The van der Waals surface area contributed by atoms with E-state index >= 15 is 0 Å². The van der Waals surface area contributed by atoms with Crippen LogP contribution in [0.3, 0.4) is 0 Å². The van der Waals surface area contributed by atoms with Gasteiger partial charge in [0, 0.05) is 0 Å². The van der Waals surface area contributed by atoms with Crippen LogP contribution in [0.15, 0.2) is 0 Å². The van der Waals surface area contributed by atoms with Gasteiger partial charge in [-0.05, 0) is 20.8 Å². The van der Waals surface area contributed by atoms with Crippen molar-refractivity contribution in [2.24, 2.45) is 0 Å². The van der Waals surface area contributed by atoms with Crippen molar-refractivity contribution in [3.63, 3.8) is 0 Å². The van der Waals surface area contributed by atoms with Gasteiger partial charge in [0.25, 0.3) is 0 Å². The molecule has 0 aromatic heterocycles. The molecule has 0 aromatic carbocycles. The summed E-state index contributed by atoms with van der Waals surface area (Å²) in [7, 11) is -3.99. The van der Waals surface area contributed by atoms with Crippen LogP contribution in [0.25, 0.3) is 0 Å². The Labute approximate surface area is 71.9 Å². The van der Waals surface area contributed by atoms with Gasteiger partial charge in [0.1, 0.15) is 0 Å². The number of hydrogen-bond donors (Lipinski definition) is 2. The minimum Gasteiger partial charge on any atom is -0.394 e. The molecule has 0 rings (SSSR count).